The first-order chi connectivity index (χ1) is 14.4. The van der Waals surface area contributed by atoms with Gasteiger partial charge in [-0.2, -0.15) is 0 Å². The molecule has 1 N–H and O–H groups in total. The fourth-order valence-electron chi connectivity index (χ4n) is 3.64. The Hall–Kier alpha value is -0.850. The van der Waals surface area contributed by atoms with Crippen molar-refractivity contribution in [2.24, 2.45) is 0 Å². The third kappa shape index (κ3) is 18.4. The molecule has 0 aliphatic heterocycles. The molecule has 0 aliphatic rings. The molecular weight excluding hydrogens is 472 g/mol. The molecule has 1 rings (SSSR count). The van der Waals surface area contributed by atoms with Crippen LogP contribution in [-0.4, -0.2) is 48.4 Å². The van der Waals surface area contributed by atoms with Gasteiger partial charge in [-0.05, 0) is 12.8 Å². The third-order valence-corrected chi connectivity index (χ3v) is 6.22. The average molecular weight is 516 g/mol. The van der Waals surface area contributed by atoms with Crippen LogP contribution in [-0.2, 0) is 16.1 Å². The van der Waals surface area contributed by atoms with E-state index in [-0.39, 0.29) is 28.0 Å². The smallest absolute Gasteiger partial charge is 0.219 e. The number of unbranched alkanes of at least 4 members (excludes halogenated alkanes) is 7. The number of carbonyl (C=O) groups excluding carboxylic acids is 2. The molecule has 0 atom stereocenters. The van der Waals surface area contributed by atoms with Crippen LogP contribution in [0, 0.1) is 0 Å². The van der Waals surface area contributed by atoms with Gasteiger partial charge in [-0.3, -0.25) is 9.59 Å². The van der Waals surface area contributed by atoms with E-state index in [1.807, 2.05) is 0 Å². The van der Waals surface area contributed by atoms with Crippen LogP contribution < -0.4 is 22.3 Å². The third-order valence-electron chi connectivity index (χ3n) is 5.32. The van der Waals surface area contributed by atoms with Crippen molar-refractivity contribution in [3.05, 3.63) is 35.9 Å². The van der Waals surface area contributed by atoms with E-state index in [1.54, 1.807) is 6.92 Å². The van der Waals surface area contributed by atoms with Crippen LogP contribution in [0.25, 0.3) is 0 Å². The fourth-order valence-corrected chi connectivity index (χ4v) is 4.28. The zero-order chi connectivity index (χ0) is 22.1. The standard InChI is InChI=1S/C25H42N2O2S.BrH/c1-23(28)30-21-14-9-7-5-4-6-8-13-18-25(29)26-19-15-20-27(2,3)22-24-16-11-10-12-17-24;/h10-12,16-17H,4-9,13-15,18-22H2,1-3H3;1H. The molecule has 0 unspecified atom stereocenters. The first kappa shape index (κ1) is 30.1. The largest absolute Gasteiger partial charge is 1.00 e. The van der Waals surface area contributed by atoms with E-state index >= 15 is 0 Å². The topological polar surface area (TPSA) is 46.2 Å². The molecule has 0 aromatic heterocycles. The van der Waals surface area contributed by atoms with Gasteiger partial charge >= 0.3 is 0 Å². The zero-order valence-corrected chi connectivity index (χ0v) is 22.2. The molecule has 0 radical (unpaired) electrons. The average Bonchev–Trinajstić information content (AvgIpc) is 2.69. The van der Waals surface area contributed by atoms with E-state index < -0.39 is 0 Å². The molecule has 1 aromatic carbocycles. The van der Waals surface area contributed by atoms with Gasteiger partial charge in [-0.25, -0.2) is 0 Å². The van der Waals surface area contributed by atoms with Crippen molar-refractivity contribution in [2.75, 3.05) is 32.9 Å². The number of hydrogen-bond donors (Lipinski definition) is 1. The van der Waals surface area contributed by atoms with E-state index in [9.17, 15) is 9.59 Å². The van der Waals surface area contributed by atoms with Crippen molar-refractivity contribution in [2.45, 2.75) is 77.7 Å². The minimum absolute atomic E-state index is 0. The fraction of sp³-hybridized carbons (Fsp3) is 0.680. The van der Waals surface area contributed by atoms with E-state index in [0.717, 1.165) is 55.6 Å². The van der Waals surface area contributed by atoms with Gasteiger partial charge in [0.1, 0.15) is 6.54 Å². The Balaban J connectivity index is 0.00000900. The maximum Gasteiger partial charge on any atom is 0.219 e. The highest BCUT2D eigenvalue weighted by molar-refractivity contribution is 8.13. The van der Waals surface area contributed by atoms with Gasteiger partial charge in [0.25, 0.3) is 0 Å². The maximum atomic E-state index is 12.0. The molecule has 0 fully saturated rings. The molecule has 0 bridgehead atoms. The summed E-state index contributed by atoms with van der Waals surface area (Å²) in [6.07, 6.45) is 11.2. The number of benzene rings is 1. The highest BCUT2D eigenvalue weighted by Gasteiger charge is 2.15. The van der Waals surface area contributed by atoms with E-state index in [4.69, 9.17) is 0 Å². The summed E-state index contributed by atoms with van der Waals surface area (Å²) < 4.78 is 0.940. The Morgan fingerprint density at radius 1 is 0.871 bits per heavy atom. The monoisotopic (exact) mass is 514 g/mol. The summed E-state index contributed by atoms with van der Waals surface area (Å²) in [5, 5.41) is 3.31. The Kier molecular flexibility index (Phi) is 18.2. The second-order valence-electron chi connectivity index (χ2n) is 8.93. The predicted molar refractivity (Wildman–Crippen MR) is 129 cm³/mol. The zero-order valence-electron chi connectivity index (χ0n) is 19.8. The number of quaternary nitrogens is 1. The first-order valence-corrected chi connectivity index (χ1v) is 12.6. The van der Waals surface area contributed by atoms with Gasteiger partial charge in [0.2, 0.25) is 5.91 Å². The second kappa shape index (κ2) is 18.7. The van der Waals surface area contributed by atoms with Crippen LogP contribution >= 0.6 is 11.8 Å². The molecular formula is C25H43BrN2O2S. The number of nitrogens with one attached hydrogen (secondary N) is 1. The first-order valence-electron chi connectivity index (χ1n) is 11.6. The lowest BCUT2D eigenvalue weighted by Crippen LogP contribution is -3.00. The van der Waals surface area contributed by atoms with Gasteiger partial charge in [0.15, 0.2) is 5.12 Å². The van der Waals surface area contributed by atoms with Crippen molar-refractivity contribution in [1.29, 1.82) is 0 Å². The minimum atomic E-state index is 0. The van der Waals surface area contributed by atoms with Crippen LogP contribution in [0.15, 0.2) is 30.3 Å². The molecule has 31 heavy (non-hydrogen) atoms. The number of hydrogen-bond acceptors (Lipinski definition) is 3. The lowest BCUT2D eigenvalue weighted by atomic mass is 10.1. The molecule has 0 saturated carbocycles. The van der Waals surface area contributed by atoms with Crippen molar-refractivity contribution in [3.63, 3.8) is 0 Å². The summed E-state index contributed by atoms with van der Waals surface area (Å²) in [5.41, 5.74) is 1.36. The van der Waals surface area contributed by atoms with Gasteiger partial charge in [-0.15, -0.1) is 0 Å². The van der Waals surface area contributed by atoms with Crippen molar-refractivity contribution >= 4 is 22.8 Å². The minimum Gasteiger partial charge on any atom is -1.00 e. The maximum absolute atomic E-state index is 12.0. The second-order valence-corrected chi connectivity index (χ2v) is 10.2. The summed E-state index contributed by atoms with van der Waals surface area (Å²) >= 11 is 1.44. The lowest BCUT2D eigenvalue weighted by molar-refractivity contribution is -0.903. The molecule has 1 amide bonds. The molecule has 1 aromatic rings. The van der Waals surface area contributed by atoms with Crippen LogP contribution in [0.1, 0.15) is 76.7 Å². The summed E-state index contributed by atoms with van der Waals surface area (Å²) in [7, 11) is 4.50. The van der Waals surface area contributed by atoms with Crippen LogP contribution in [0.3, 0.4) is 0 Å². The van der Waals surface area contributed by atoms with Gasteiger partial charge < -0.3 is 26.8 Å². The number of rotatable bonds is 17. The summed E-state index contributed by atoms with van der Waals surface area (Å²) in [6.45, 7) is 4.49. The highest BCUT2D eigenvalue weighted by atomic mass is 79.9. The van der Waals surface area contributed by atoms with E-state index in [2.05, 4.69) is 49.7 Å². The molecule has 178 valence electrons. The normalized spacial score (nSPS) is 11.1. The van der Waals surface area contributed by atoms with Crippen LogP contribution in [0.2, 0.25) is 0 Å². The van der Waals surface area contributed by atoms with Crippen molar-refractivity contribution in [3.8, 4) is 0 Å². The molecule has 0 heterocycles. The highest BCUT2D eigenvalue weighted by Crippen LogP contribution is 2.12. The van der Waals surface area contributed by atoms with Crippen molar-refractivity contribution < 1.29 is 31.1 Å². The number of carbonyl (C=O) groups is 2. The summed E-state index contributed by atoms with van der Waals surface area (Å²) in [5.74, 6) is 1.17. The van der Waals surface area contributed by atoms with Crippen LogP contribution in [0.5, 0.6) is 0 Å². The van der Waals surface area contributed by atoms with Gasteiger partial charge in [0.05, 0.1) is 20.6 Å². The Morgan fingerprint density at radius 2 is 1.45 bits per heavy atom. The molecule has 4 nitrogen and oxygen atoms in total. The van der Waals surface area contributed by atoms with Gasteiger partial charge in [-0.1, -0.05) is 80.6 Å². The molecule has 0 spiro atoms. The van der Waals surface area contributed by atoms with Crippen LogP contribution in [0.4, 0.5) is 0 Å². The number of amides is 1. The Bertz CT molecular complexity index is 596. The quantitative estimate of drug-likeness (QED) is 0.256. The molecule has 0 aliphatic carbocycles. The summed E-state index contributed by atoms with van der Waals surface area (Å²) in [4.78, 5) is 22.8. The number of halogens is 1. The Morgan fingerprint density at radius 3 is 2.06 bits per heavy atom. The number of nitrogens with zero attached hydrogens (tertiary/aromatic N) is 1. The predicted octanol–water partition coefficient (Wildman–Crippen LogP) is 2.56. The molecule has 6 heteroatoms. The van der Waals surface area contributed by atoms with E-state index in [0.29, 0.717) is 6.42 Å². The summed E-state index contributed by atoms with van der Waals surface area (Å²) in [6, 6.07) is 10.6. The van der Waals surface area contributed by atoms with Crippen molar-refractivity contribution in [1.82, 2.24) is 5.32 Å². The molecule has 0 saturated heterocycles. The lowest BCUT2D eigenvalue weighted by Gasteiger charge is -2.30. The van der Waals surface area contributed by atoms with Gasteiger partial charge in [0, 0.05) is 37.6 Å². The SMILES string of the molecule is CC(=O)SCCCCCCCCCCC(=O)NCCC[N+](C)(C)Cc1ccccc1.[Br-]. The Labute approximate surface area is 205 Å². The number of thioether (sulfide) groups is 1. The van der Waals surface area contributed by atoms with E-state index in [1.165, 1.54) is 49.4 Å².